The molecule has 0 saturated heterocycles. The molecule has 0 aromatic rings. The van der Waals surface area contributed by atoms with Gasteiger partial charge in [0.1, 0.15) is 0 Å². The smallest absolute Gasteiger partial charge is 0.0209 e. The highest BCUT2D eigenvalue weighted by Crippen LogP contribution is 2.37. The van der Waals surface area contributed by atoms with Crippen molar-refractivity contribution in [3.8, 4) is 0 Å². The lowest BCUT2D eigenvalue weighted by atomic mass is 9.68. The van der Waals surface area contributed by atoms with Crippen molar-refractivity contribution in [2.45, 2.75) is 62.3 Å². The van der Waals surface area contributed by atoms with Gasteiger partial charge in [0.25, 0.3) is 0 Å². The molecule has 0 aromatic heterocycles. The van der Waals surface area contributed by atoms with Crippen molar-refractivity contribution in [2.24, 2.45) is 41.4 Å². The third-order valence-corrected chi connectivity index (χ3v) is 5.93. The summed E-state index contributed by atoms with van der Waals surface area (Å²) >= 11 is 0. The van der Waals surface area contributed by atoms with Crippen LogP contribution in [0.4, 0.5) is 0 Å². The zero-order valence-corrected chi connectivity index (χ0v) is 14.2. The molecule has 0 nitrogen and oxygen atoms in total. The molecular weight excluding hydrogens is 216 g/mol. The normalized spacial score (nSPS) is 22.1. The van der Waals surface area contributed by atoms with E-state index in [2.05, 4.69) is 68.9 Å². The van der Waals surface area contributed by atoms with Crippen LogP contribution in [0.15, 0.2) is 12.2 Å². The number of rotatable bonds is 7. The largest absolute Gasteiger partial charge is 0.0999 e. The summed E-state index contributed by atoms with van der Waals surface area (Å²) in [5.41, 5.74) is 1.33. The Kier molecular flexibility index (Phi) is 7.25. The van der Waals surface area contributed by atoms with Crippen LogP contribution in [0.1, 0.15) is 62.3 Å². The lowest BCUT2D eigenvalue weighted by Gasteiger charge is -2.37. The van der Waals surface area contributed by atoms with Gasteiger partial charge in [0, 0.05) is 0 Å². The predicted octanol–water partition coefficient (Wildman–Crippen LogP) is 6.04. The summed E-state index contributed by atoms with van der Waals surface area (Å²) < 4.78 is 0. The summed E-state index contributed by atoms with van der Waals surface area (Å²) in [6.07, 6.45) is 0. The second kappa shape index (κ2) is 7.36. The van der Waals surface area contributed by atoms with Gasteiger partial charge in [-0.3, -0.25) is 0 Å². The lowest BCUT2D eigenvalue weighted by molar-refractivity contribution is 0.129. The molecular formula is C18H36. The maximum atomic E-state index is 4.13. The molecule has 0 fully saturated rings. The van der Waals surface area contributed by atoms with Crippen LogP contribution in [0, 0.1) is 41.4 Å². The van der Waals surface area contributed by atoms with Crippen LogP contribution in [0.2, 0.25) is 0 Å². The van der Waals surface area contributed by atoms with Gasteiger partial charge in [0.15, 0.2) is 0 Å². The minimum Gasteiger partial charge on any atom is -0.0999 e. The van der Waals surface area contributed by atoms with E-state index in [-0.39, 0.29) is 0 Å². The van der Waals surface area contributed by atoms with Crippen LogP contribution in [0.5, 0.6) is 0 Å². The Labute approximate surface area is 116 Å². The van der Waals surface area contributed by atoms with Crippen molar-refractivity contribution in [3.05, 3.63) is 12.2 Å². The van der Waals surface area contributed by atoms with Crippen molar-refractivity contribution in [1.82, 2.24) is 0 Å². The highest BCUT2D eigenvalue weighted by atomic mass is 14.4. The minimum absolute atomic E-state index is 0.629. The molecule has 0 saturated carbocycles. The van der Waals surface area contributed by atoms with Crippen molar-refractivity contribution < 1.29 is 0 Å². The van der Waals surface area contributed by atoms with Crippen LogP contribution in [-0.4, -0.2) is 0 Å². The molecule has 0 aliphatic carbocycles. The van der Waals surface area contributed by atoms with E-state index >= 15 is 0 Å². The topological polar surface area (TPSA) is 0 Å². The molecule has 0 aliphatic rings. The van der Waals surface area contributed by atoms with Crippen LogP contribution < -0.4 is 0 Å². The summed E-state index contributed by atoms with van der Waals surface area (Å²) in [4.78, 5) is 0. The van der Waals surface area contributed by atoms with Gasteiger partial charge in [-0.2, -0.15) is 0 Å². The van der Waals surface area contributed by atoms with Gasteiger partial charge in [-0.15, -0.1) is 0 Å². The van der Waals surface area contributed by atoms with E-state index in [1.54, 1.807) is 0 Å². The summed E-state index contributed by atoms with van der Waals surface area (Å²) in [5.74, 6) is 5.26. The van der Waals surface area contributed by atoms with E-state index in [1.165, 1.54) is 5.57 Å². The fourth-order valence-electron chi connectivity index (χ4n) is 2.95. The van der Waals surface area contributed by atoms with Gasteiger partial charge in [-0.25, -0.2) is 0 Å². The van der Waals surface area contributed by atoms with E-state index < -0.39 is 0 Å². The molecule has 18 heavy (non-hydrogen) atoms. The molecule has 0 radical (unpaired) electrons. The Morgan fingerprint density at radius 2 is 0.944 bits per heavy atom. The van der Waals surface area contributed by atoms with Gasteiger partial charge in [-0.05, 0) is 48.3 Å². The first-order valence-electron chi connectivity index (χ1n) is 7.76. The van der Waals surface area contributed by atoms with Gasteiger partial charge in [0.05, 0.1) is 0 Å². The second-order valence-electron chi connectivity index (χ2n) is 7.17. The molecule has 0 aromatic carbocycles. The maximum absolute atomic E-state index is 4.13. The first-order chi connectivity index (χ1) is 8.11. The molecule has 0 amide bonds. The fourth-order valence-corrected chi connectivity index (χ4v) is 2.95. The van der Waals surface area contributed by atoms with Crippen LogP contribution in [0.25, 0.3) is 0 Å². The van der Waals surface area contributed by atoms with E-state index in [4.69, 9.17) is 0 Å². The molecule has 108 valence electrons. The maximum Gasteiger partial charge on any atom is -0.0209 e. The fraction of sp³-hybridized carbons (Fsp3) is 0.889. The van der Waals surface area contributed by atoms with Gasteiger partial charge in [0.2, 0.25) is 0 Å². The van der Waals surface area contributed by atoms with E-state index in [1.807, 2.05) is 0 Å². The standard InChI is InChI=1S/C18H36/c1-11(2)13(5)15(7)17(9)18(10)16(8)14(6)12(3)4/h12-18H,1H2,2-10H3. The SMILES string of the molecule is C=C(C)C(C)C(C)C(C)C(C)C(C)C(C)C(C)C. The minimum atomic E-state index is 0.629. The summed E-state index contributed by atoms with van der Waals surface area (Å²) in [7, 11) is 0. The third-order valence-electron chi connectivity index (χ3n) is 5.93. The lowest BCUT2D eigenvalue weighted by Crippen LogP contribution is -2.30. The third kappa shape index (κ3) is 4.44. The molecule has 0 bridgehead atoms. The number of allylic oxidation sites excluding steroid dienone is 1. The number of hydrogen-bond donors (Lipinski definition) is 0. The molecule has 0 rings (SSSR count). The monoisotopic (exact) mass is 252 g/mol. The molecule has 6 atom stereocenters. The first kappa shape index (κ1) is 17.7. The Bertz CT molecular complexity index is 251. The predicted molar refractivity (Wildman–Crippen MR) is 84.6 cm³/mol. The Balaban J connectivity index is 4.67. The van der Waals surface area contributed by atoms with E-state index in [0.29, 0.717) is 5.92 Å². The van der Waals surface area contributed by atoms with Gasteiger partial charge < -0.3 is 0 Å². The molecule has 0 aliphatic heterocycles. The van der Waals surface area contributed by atoms with Crippen molar-refractivity contribution in [2.75, 3.05) is 0 Å². The summed E-state index contributed by atoms with van der Waals surface area (Å²) in [5, 5.41) is 0. The number of hydrogen-bond acceptors (Lipinski definition) is 0. The zero-order chi connectivity index (χ0) is 14.6. The van der Waals surface area contributed by atoms with Crippen molar-refractivity contribution >= 4 is 0 Å². The summed E-state index contributed by atoms with van der Waals surface area (Å²) in [6.45, 7) is 25.4. The van der Waals surface area contributed by atoms with Gasteiger partial charge in [-0.1, -0.05) is 67.5 Å². The highest BCUT2D eigenvalue weighted by Gasteiger charge is 2.30. The van der Waals surface area contributed by atoms with Gasteiger partial charge >= 0.3 is 0 Å². The quantitative estimate of drug-likeness (QED) is 0.485. The van der Waals surface area contributed by atoms with Crippen molar-refractivity contribution in [1.29, 1.82) is 0 Å². The van der Waals surface area contributed by atoms with Crippen LogP contribution in [0.3, 0.4) is 0 Å². The molecule has 0 heteroatoms. The summed E-state index contributed by atoms with van der Waals surface area (Å²) in [6, 6.07) is 0. The second-order valence-corrected chi connectivity index (χ2v) is 7.17. The Morgan fingerprint density at radius 3 is 1.28 bits per heavy atom. The Morgan fingerprint density at radius 1 is 0.611 bits per heavy atom. The van der Waals surface area contributed by atoms with E-state index in [9.17, 15) is 0 Å². The van der Waals surface area contributed by atoms with Crippen molar-refractivity contribution in [3.63, 3.8) is 0 Å². The Hall–Kier alpha value is -0.260. The average molecular weight is 252 g/mol. The zero-order valence-electron chi connectivity index (χ0n) is 14.2. The molecule has 0 heterocycles. The van der Waals surface area contributed by atoms with Crippen LogP contribution in [-0.2, 0) is 0 Å². The van der Waals surface area contributed by atoms with Crippen LogP contribution >= 0.6 is 0 Å². The first-order valence-corrected chi connectivity index (χ1v) is 7.76. The van der Waals surface area contributed by atoms with E-state index in [0.717, 1.165) is 35.5 Å². The highest BCUT2D eigenvalue weighted by molar-refractivity contribution is 4.97. The molecule has 0 N–H and O–H groups in total. The molecule has 6 unspecified atom stereocenters. The average Bonchev–Trinajstić information content (AvgIpc) is 2.32. The molecule has 0 spiro atoms.